The molecular weight excluding hydrogens is 394 g/mol. The number of rotatable bonds is 8. The van der Waals surface area contributed by atoms with Crippen molar-refractivity contribution in [2.24, 2.45) is 5.92 Å². The van der Waals surface area contributed by atoms with E-state index in [0.29, 0.717) is 11.3 Å². The van der Waals surface area contributed by atoms with Gasteiger partial charge in [-0.05, 0) is 43.0 Å². The molecule has 1 aliphatic carbocycles. The summed E-state index contributed by atoms with van der Waals surface area (Å²) in [5.74, 6) is -0.873. The fourth-order valence-electron chi connectivity index (χ4n) is 3.84. The Bertz CT molecular complexity index is 888. The lowest BCUT2D eigenvalue weighted by atomic mass is 9.93. The highest BCUT2D eigenvalue weighted by atomic mass is 16.3. The molecule has 0 saturated heterocycles. The third-order valence-electron chi connectivity index (χ3n) is 5.90. The van der Waals surface area contributed by atoms with Crippen LogP contribution in [0.4, 0.5) is 5.69 Å². The Morgan fingerprint density at radius 2 is 1.77 bits per heavy atom. The van der Waals surface area contributed by atoms with Gasteiger partial charge in [-0.1, -0.05) is 51.7 Å². The van der Waals surface area contributed by atoms with E-state index in [2.05, 4.69) is 16.0 Å². The lowest BCUT2D eigenvalue weighted by Crippen LogP contribution is -2.52. The second-order valence-corrected chi connectivity index (χ2v) is 8.16. The van der Waals surface area contributed by atoms with Gasteiger partial charge in [-0.2, -0.15) is 0 Å². The quantitative estimate of drug-likeness (QED) is 0.592. The molecule has 7 nitrogen and oxygen atoms in total. The average molecular weight is 426 g/mol. The van der Waals surface area contributed by atoms with Crippen molar-refractivity contribution >= 4 is 23.4 Å². The van der Waals surface area contributed by atoms with Crippen molar-refractivity contribution in [3.05, 3.63) is 54.0 Å². The van der Waals surface area contributed by atoms with Crippen molar-refractivity contribution in [1.82, 2.24) is 10.6 Å². The maximum Gasteiger partial charge on any atom is 0.291 e. The van der Waals surface area contributed by atoms with Crippen molar-refractivity contribution in [3.8, 4) is 0 Å². The summed E-state index contributed by atoms with van der Waals surface area (Å²) in [5, 5.41) is 8.73. The number of anilines is 1. The van der Waals surface area contributed by atoms with Gasteiger partial charge in [-0.3, -0.25) is 14.4 Å². The molecule has 7 heteroatoms. The summed E-state index contributed by atoms with van der Waals surface area (Å²) in [6, 6.07) is 9.42. The first-order chi connectivity index (χ1) is 15.0. The van der Waals surface area contributed by atoms with E-state index in [-0.39, 0.29) is 23.6 Å². The number of carbonyl (C=O) groups is 3. The molecule has 0 unspecified atom stereocenters. The molecule has 0 bridgehead atoms. The van der Waals surface area contributed by atoms with E-state index in [1.807, 2.05) is 13.8 Å². The van der Waals surface area contributed by atoms with Crippen LogP contribution < -0.4 is 16.0 Å². The number of amides is 3. The van der Waals surface area contributed by atoms with Gasteiger partial charge in [0, 0.05) is 6.04 Å². The number of nitrogens with one attached hydrogen (secondary N) is 3. The van der Waals surface area contributed by atoms with E-state index >= 15 is 0 Å². The second-order valence-electron chi connectivity index (χ2n) is 8.16. The number of para-hydroxylation sites is 1. The molecule has 0 spiro atoms. The van der Waals surface area contributed by atoms with Gasteiger partial charge in [-0.15, -0.1) is 0 Å². The smallest absolute Gasteiger partial charge is 0.291 e. The number of hydrogen-bond donors (Lipinski definition) is 3. The predicted molar refractivity (Wildman–Crippen MR) is 119 cm³/mol. The van der Waals surface area contributed by atoms with Gasteiger partial charge in [-0.25, -0.2) is 0 Å². The summed E-state index contributed by atoms with van der Waals surface area (Å²) < 4.78 is 5.12. The molecule has 1 saturated carbocycles. The molecule has 0 radical (unpaired) electrons. The van der Waals surface area contributed by atoms with Crippen LogP contribution >= 0.6 is 0 Å². The van der Waals surface area contributed by atoms with Crippen LogP contribution in [0.5, 0.6) is 0 Å². The first kappa shape index (κ1) is 22.6. The van der Waals surface area contributed by atoms with Gasteiger partial charge in [0.1, 0.15) is 6.04 Å². The Labute approximate surface area is 183 Å². The highest BCUT2D eigenvalue weighted by molar-refractivity contribution is 6.08. The van der Waals surface area contributed by atoms with Gasteiger partial charge in [0.05, 0.1) is 17.5 Å². The zero-order chi connectivity index (χ0) is 22.2. The van der Waals surface area contributed by atoms with Crippen LogP contribution in [0.25, 0.3) is 0 Å². The van der Waals surface area contributed by atoms with Crippen LogP contribution in [0.1, 0.15) is 73.3 Å². The van der Waals surface area contributed by atoms with Crippen molar-refractivity contribution in [2.45, 2.75) is 64.5 Å². The fourth-order valence-corrected chi connectivity index (χ4v) is 3.84. The van der Waals surface area contributed by atoms with Gasteiger partial charge in [0.25, 0.3) is 11.8 Å². The SMILES string of the molecule is CC[C@H](C)[C@@H](NC(=O)c1ccccc1NC(=O)c1ccco1)C(=O)NC1CCCCC1. The van der Waals surface area contributed by atoms with E-state index in [1.165, 1.54) is 12.7 Å². The van der Waals surface area contributed by atoms with E-state index in [1.54, 1.807) is 36.4 Å². The molecule has 1 heterocycles. The highest BCUT2D eigenvalue weighted by Gasteiger charge is 2.29. The maximum absolute atomic E-state index is 13.1. The molecule has 1 aromatic heterocycles. The Morgan fingerprint density at radius 3 is 2.45 bits per heavy atom. The molecule has 0 aliphatic heterocycles. The zero-order valence-electron chi connectivity index (χ0n) is 18.1. The summed E-state index contributed by atoms with van der Waals surface area (Å²) in [5.41, 5.74) is 0.651. The lowest BCUT2D eigenvalue weighted by Gasteiger charge is -2.28. The van der Waals surface area contributed by atoms with Crippen LogP contribution in [-0.4, -0.2) is 29.8 Å². The van der Waals surface area contributed by atoms with Crippen LogP contribution in [0.15, 0.2) is 47.1 Å². The normalized spacial score (nSPS) is 16.2. The van der Waals surface area contributed by atoms with E-state index in [4.69, 9.17) is 4.42 Å². The van der Waals surface area contributed by atoms with Crippen molar-refractivity contribution in [1.29, 1.82) is 0 Å². The van der Waals surface area contributed by atoms with E-state index < -0.39 is 17.9 Å². The summed E-state index contributed by atoms with van der Waals surface area (Å²) in [4.78, 5) is 38.4. The number of benzene rings is 1. The standard InChI is InChI=1S/C24H31N3O4/c1-3-16(2)21(24(30)25-17-10-5-4-6-11-17)27-22(28)18-12-7-8-13-19(18)26-23(29)20-14-9-15-31-20/h7-9,12-17,21H,3-6,10-11H2,1-2H3,(H,25,30)(H,26,29)(H,27,28)/t16-,21+/m0/s1. The number of carbonyl (C=O) groups excluding carboxylic acids is 3. The summed E-state index contributed by atoms with van der Waals surface area (Å²) in [6.45, 7) is 3.95. The minimum atomic E-state index is -0.645. The van der Waals surface area contributed by atoms with Gasteiger partial charge in [0.15, 0.2) is 5.76 Å². The summed E-state index contributed by atoms with van der Waals surface area (Å²) >= 11 is 0. The van der Waals surface area contributed by atoms with Gasteiger partial charge < -0.3 is 20.4 Å². The van der Waals surface area contributed by atoms with E-state index in [0.717, 1.165) is 32.1 Å². The van der Waals surface area contributed by atoms with Gasteiger partial charge in [0.2, 0.25) is 5.91 Å². The Kier molecular flexibility index (Phi) is 7.87. The molecule has 1 fully saturated rings. The van der Waals surface area contributed by atoms with E-state index in [9.17, 15) is 14.4 Å². The Morgan fingerprint density at radius 1 is 1.03 bits per heavy atom. The third-order valence-corrected chi connectivity index (χ3v) is 5.90. The van der Waals surface area contributed by atoms with Crippen molar-refractivity contribution < 1.29 is 18.8 Å². The van der Waals surface area contributed by atoms with Crippen molar-refractivity contribution in [2.75, 3.05) is 5.32 Å². The number of furan rings is 1. The predicted octanol–water partition coefficient (Wildman–Crippen LogP) is 4.13. The first-order valence-corrected chi connectivity index (χ1v) is 11.0. The van der Waals surface area contributed by atoms with Crippen LogP contribution in [0, 0.1) is 5.92 Å². The van der Waals surface area contributed by atoms with Gasteiger partial charge >= 0.3 is 0 Å². The molecule has 3 amide bonds. The monoisotopic (exact) mass is 425 g/mol. The van der Waals surface area contributed by atoms with Crippen LogP contribution in [-0.2, 0) is 4.79 Å². The average Bonchev–Trinajstić information content (AvgIpc) is 3.33. The molecule has 166 valence electrons. The molecule has 1 aliphatic rings. The first-order valence-electron chi connectivity index (χ1n) is 11.0. The minimum absolute atomic E-state index is 0.0302. The molecule has 31 heavy (non-hydrogen) atoms. The third kappa shape index (κ3) is 5.96. The lowest BCUT2D eigenvalue weighted by molar-refractivity contribution is -0.125. The molecular formula is C24H31N3O4. The second kappa shape index (κ2) is 10.8. The Balaban J connectivity index is 1.72. The molecule has 3 N–H and O–H groups in total. The zero-order valence-corrected chi connectivity index (χ0v) is 18.1. The topological polar surface area (TPSA) is 100 Å². The molecule has 3 rings (SSSR count). The summed E-state index contributed by atoms with van der Waals surface area (Å²) in [7, 11) is 0. The van der Waals surface area contributed by atoms with Crippen LogP contribution in [0.3, 0.4) is 0 Å². The number of hydrogen-bond acceptors (Lipinski definition) is 4. The highest BCUT2D eigenvalue weighted by Crippen LogP contribution is 2.20. The van der Waals surface area contributed by atoms with Crippen LogP contribution in [0.2, 0.25) is 0 Å². The van der Waals surface area contributed by atoms with Crippen molar-refractivity contribution in [3.63, 3.8) is 0 Å². The summed E-state index contributed by atoms with van der Waals surface area (Å²) in [6.07, 6.45) is 7.57. The fraction of sp³-hybridized carbons (Fsp3) is 0.458. The Hall–Kier alpha value is -3.09. The minimum Gasteiger partial charge on any atom is -0.459 e. The molecule has 1 aromatic carbocycles. The molecule has 2 atom stereocenters. The maximum atomic E-state index is 13.1. The largest absolute Gasteiger partial charge is 0.459 e. The molecule has 2 aromatic rings.